The minimum atomic E-state index is -2.92. The third-order valence-corrected chi connectivity index (χ3v) is 5.73. The smallest absolute Gasteiger partial charge is 0.154 e. The molecule has 0 radical (unpaired) electrons. The van der Waals surface area contributed by atoms with Gasteiger partial charge in [-0.25, -0.2) is 8.42 Å². The van der Waals surface area contributed by atoms with E-state index in [4.69, 9.17) is 0 Å². The molecule has 2 aromatic rings. The molecule has 1 aliphatic rings. The molecule has 1 aliphatic heterocycles. The zero-order valence-electron chi connectivity index (χ0n) is 11.0. The Hall–Kier alpha value is -1.21. The van der Waals surface area contributed by atoms with Gasteiger partial charge in [0.2, 0.25) is 0 Å². The van der Waals surface area contributed by atoms with Gasteiger partial charge < -0.3 is 4.90 Å². The standard InChI is InChI=1S/C13H14BrN3O2S/c1-9-8-20(18,19)5-4-17(9)12-2-3-15-11-6-10(14)7-16-13(11)12/h2-3,6-7,9H,4-5,8H2,1H3. The Kier molecular flexibility index (Phi) is 3.41. The van der Waals surface area contributed by atoms with E-state index < -0.39 is 9.84 Å². The summed E-state index contributed by atoms with van der Waals surface area (Å²) in [6.45, 7) is 2.43. The van der Waals surface area contributed by atoms with Crippen molar-refractivity contribution in [3.05, 3.63) is 29.0 Å². The van der Waals surface area contributed by atoms with E-state index >= 15 is 0 Å². The zero-order chi connectivity index (χ0) is 14.3. The van der Waals surface area contributed by atoms with Crippen LogP contribution in [0, 0.1) is 0 Å². The van der Waals surface area contributed by atoms with Gasteiger partial charge in [-0.2, -0.15) is 0 Å². The fraction of sp³-hybridized carbons (Fsp3) is 0.385. The number of anilines is 1. The van der Waals surface area contributed by atoms with Crippen LogP contribution in [0.3, 0.4) is 0 Å². The Labute approximate surface area is 126 Å². The van der Waals surface area contributed by atoms with Crippen LogP contribution in [0.25, 0.3) is 11.0 Å². The van der Waals surface area contributed by atoms with E-state index in [0.29, 0.717) is 6.54 Å². The Morgan fingerprint density at radius 3 is 2.95 bits per heavy atom. The number of sulfone groups is 1. The van der Waals surface area contributed by atoms with Gasteiger partial charge in [-0.1, -0.05) is 0 Å². The summed E-state index contributed by atoms with van der Waals surface area (Å²) in [6, 6.07) is 3.76. The summed E-state index contributed by atoms with van der Waals surface area (Å²) in [5.74, 6) is 0.380. The number of pyridine rings is 2. The lowest BCUT2D eigenvalue weighted by molar-refractivity contribution is 0.568. The van der Waals surface area contributed by atoms with Crippen LogP contribution in [-0.2, 0) is 9.84 Å². The lowest BCUT2D eigenvalue weighted by Gasteiger charge is -2.35. The molecule has 0 aliphatic carbocycles. The lowest BCUT2D eigenvalue weighted by atomic mass is 10.2. The van der Waals surface area contributed by atoms with Gasteiger partial charge >= 0.3 is 0 Å². The second-order valence-corrected chi connectivity index (χ2v) is 8.15. The van der Waals surface area contributed by atoms with Gasteiger partial charge in [0.25, 0.3) is 0 Å². The second-order valence-electron chi connectivity index (χ2n) is 5.01. The molecule has 0 bridgehead atoms. The van der Waals surface area contributed by atoms with Crippen LogP contribution < -0.4 is 4.90 Å². The average Bonchev–Trinajstić information content (AvgIpc) is 2.37. The molecule has 20 heavy (non-hydrogen) atoms. The number of rotatable bonds is 1. The van der Waals surface area contributed by atoms with E-state index in [0.717, 1.165) is 21.2 Å². The predicted octanol–water partition coefficient (Wildman–Crippen LogP) is 2.02. The monoisotopic (exact) mass is 355 g/mol. The maximum Gasteiger partial charge on any atom is 0.154 e. The van der Waals surface area contributed by atoms with Gasteiger partial charge in [0.1, 0.15) is 5.52 Å². The van der Waals surface area contributed by atoms with Crippen LogP contribution in [0.4, 0.5) is 5.69 Å². The summed E-state index contributed by atoms with van der Waals surface area (Å²) in [4.78, 5) is 10.8. The molecule has 2 aromatic heterocycles. The van der Waals surface area contributed by atoms with E-state index in [-0.39, 0.29) is 17.5 Å². The molecule has 106 valence electrons. The lowest BCUT2D eigenvalue weighted by Crippen LogP contribution is -2.47. The number of nitrogens with zero attached hydrogens (tertiary/aromatic N) is 3. The highest BCUT2D eigenvalue weighted by Crippen LogP contribution is 2.28. The molecular weight excluding hydrogens is 342 g/mol. The van der Waals surface area contributed by atoms with Gasteiger partial charge in [0.05, 0.1) is 22.7 Å². The summed E-state index contributed by atoms with van der Waals surface area (Å²) < 4.78 is 24.2. The summed E-state index contributed by atoms with van der Waals surface area (Å²) in [5, 5.41) is 0. The molecule has 1 saturated heterocycles. The summed E-state index contributed by atoms with van der Waals surface area (Å²) in [7, 11) is -2.92. The molecule has 0 saturated carbocycles. The molecular formula is C13H14BrN3O2S. The zero-order valence-corrected chi connectivity index (χ0v) is 13.4. The summed E-state index contributed by atoms with van der Waals surface area (Å²) >= 11 is 3.38. The SMILES string of the molecule is CC1CS(=O)(=O)CCN1c1ccnc2cc(Br)cnc12. The Morgan fingerprint density at radius 2 is 2.20 bits per heavy atom. The van der Waals surface area contributed by atoms with Crippen molar-refractivity contribution in [2.75, 3.05) is 23.0 Å². The number of hydrogen-bond acceptors (Lipinski definition) is 5. The van der Waals surface area contributed by atoms with E-state index in [1.807, 2.05) is 19.1 Å². The van der Waals surface area contributed by atoms with Crippen molar-refractivity contribution >= 4 is 42.5 Å². The summed E-state index contributed by atoms with van der Waals surface area (Å²) in [5.41, 5.74) is 2.56. The summed E-state index contributed by atoms with van der Waals surface area (Å²) in [6.07, 6.45) is 3.47. The van der Waals surface area contributed by atoms with E-state index in [2.05, 4.69) is 30.8 Å². The molecule has 0 spiro atoms. The van der Waals surface area contributed by atoms with Crippen LogP contribution in [-0.4, -0.2) is 42.5 Å². The second kappa shape index (κ2) is 4.96. The number of aromatic nitrogens is 2. The van der Waals surface area contributed by atoms with Crippen molar-refractivity contribution in [1.29, 1.82) is 0 Å². The van der Waals surface area contributed by atoms with Crippen molar-refractivity contribution in [1.82, 2.24) is 9.97 Å². The van der Waals surface area contributed by atoms with Gasteiger partial charge in [-0.3, -0.25) is 9.97 Å². The molecule has 1 atom stereocenters. The first kappa shape index (κ1) is 13.8. The number of halogens is 1. The maximum absolute atomic E-state index is 11.7. The first-order valence-electron chi connectivity index (χ1n) is 6.33. The average molecular weight is 356 g/mol. The molecule has 0 aromatic carbocycles. The fourth-order valence-corrected chi connectivity index (χ4v) is 4.46. The highest BCUT2D eigenvalue weighted by molar-refractivity contribution is 9.10. The molecule has 1 fully saturated rings. The van der Waals surface area contributed by atoms with Crippen molar-refractivity contribution in [3.8, 4) is 0 Å². The normalized spacial score (nSPS) is 22.1. The highest BCUT2D eigenvalue weighted by atomic mass is 79.9. The number of fused-ring (bicyclic) bond motifs is 1. The Bertz CT molecular complexity index is 763. The third kappa shape index (κ3) is 2.52. The molecule has 3 rings (SSSR count). The first-order chi connectivity index (χ1) is 9.46. The molecule has 3 heterocycles. The maximum atomic E-state index is 11.7. The van der Waals surface area contributed by atoms with E-state index in [1.54, 1.807) is 12.4 Å². The minimum Gasteiger partial charge on any atom is -0.365 e. The first-order valence-corrected chi connectivity index (χ1v) is 8.95. The molecule has 1 unspecified atom stereocenters. The van der Waals surface area contributed by atoms with Crippen LogP contribution in [0.5, 0.6) is 0 Å². The van der Waals surface area contributed by atoms with Crippen molar-refractivity contribution < 1.29 is 8.42 Å². The van der Waals surface area contributed by atoms with Gasteiger partial charge in [0.15, 0.2) is 9.84 Å². The molecule has 7 heteroatoms. The minimum absolute atomic E-state index is 0.0511. The van der Waals surface area contributed by atoms with Crippen LogP contribution >= 0.6 is 15.9 Å². The van der Waals surface area contributed by atoms with Crippen molar-refractivity contribution in [2.24, 2.45) is 0 Å². The third-order valence-electron chi connectivity index (χ3n) is 3.50. The molecule has 0 amide bonds. The van der Waals surface area contributed by atoms with E-state index in [1.165, 1.54) is 0 Å². The van der Waals surface area contributed by atoms with Crippen LogP contribution in [0.15, 0.2) is 29.0 Å². The largest absolute Gasteiger partial charge is 0.365 e. The van der Waals surface area contributed by atoms with E-state index in [9.17, 15) is 8.42 Å². The molecule has 0 N–H and O–H groups in total. The van der Waals surface area contributed by atoms with Crippen LogP contribution in [0.2, 0.25) is 0 Å². The Balaban J connectivity index is 2.07. The topological polar surface area (TPSA) is 63.2 Å². The fourth-order valence-electron chi connectivity index (χ4n) is 2.58. The van der Waals surface area contributed by atoms with Gasteiger partial charge in [0, 0.05) is 29.5 Å². The van der Waals surface area contributed by atoms with Crippen molar-refractivity contribution in [3.63, 3.8) is 0 Å². The number of hydrogen-bond donors (Lipinski definition) is 0. The van der Waals surface area contributed by atoms with Crippen molar-refractivity contribution in [2.45, 2.75) is 13.0 Å². The Morgan fingerprint density at radius 1 is 1.40 bits per heavy atom. The van der Waals surface area contributed by atoms with Gasteiger partial charge in [-0.15, -0.1) is 0 Å². The molecule has 5 nitrogen and oxygen atoms in total. The predicted molar refractivity (Wildman–Crippen MR) is 82.7 cm³/mol. The van der Waals surface area contributed by atoms with Gasteiger partial charge in [-0.05, 0) is 35.0 Å². The quantitative estimate of drug-likeness (QED) is 0.782. The van der Waals surface area contributed by atoms with Crippen LogP contribution in [0.1, 0.15) is 6.92 Å². The highest BCUT2D eigenvalue weighted by Gasteiger charge is 2.29.